The third-order valence-electron chi connectivity index (χ3n) is 3.53. The molecule has 116 valence electrons. The first-order valence-electron chi connectivity index (χ1n) is 7.13. The number of rotatable bonds is 6. The van der Waals surface area contributed by atoms with E-state index in [0.29, 0.717) is 30.2 Å². The molecule has 0 aromatic heterocycles. The van der Waals surface area contributed by atoms with Crippen LogP contribution in [0.3, 0.4) is 0 Å². The van der Waals surface area contributed by atoms with E-state index in [0.717, 1.165) is 19.3 Å². The van der Waals surface area contributed by atoms with Gasteiger partial charge in [-0.2, -0.15) is 12.7 Å². The van der Waals surface area contributed by atoms with Crippen LogP contribution in [0.2, 0.25) is 0 Å². The van der Waals surface area contributed by atoms with Crippen molar-refractivity contribution in [2.24, 2.45) is 5.73 Å². The van der Waals surface area contributed by atoms with Crippen LogP contribution in [-0.2, 0) is 10.2 Å². The Morgan fingerprint density at radius 3 is 2.38 bits per heavy atom. The summed E-state index contributed by atoms with van der Waals surface area (Å²) in [5.41, 5.74) is 6.19. The molecule has 7 heteroatoms. The first kappa shape index (κ1) is 16.2. The summed E-state index contributed by atoms with van der Waals surface area (Å²) in [6, 6.07) is 9.11. The lowest BCUT2D eigenvalue weighted by Gasteiger charge is -2.33. The molecule has 1 aromatic rings. The number of para-hydroxylation sites is 1. The molecular weight excluding hydrogens is 306 g/mol. The highest BCUT2D eigenvalue weighted by Gasteiger charge is 2.30. The van der Waals surface area contributed by atoms with Crippen LogP contribution >= 0.6 is 12.2 Å². The van der Waals surface area contributed by atoms with Crippen molar-refractivity contribution < 1.29 is 8.42 Å². The average molecular weight is 327 g/mol. The second-order valence-corrected chi connectivity index (χ2v) is 7.47. The van der Waals surface area contributed by atoms with E-state index in [-0.39, 0.29) is 6.54 Å². The zero-order valence-corrected chi connectivity index (χ0v) is 13.6. The van der Waals surface area contributed by atoms with Gasteiger partial charge in [-0.15, -0.1) is 0 Å². The van der Waals surface area contributed by atoms with Crippen molar-refractivity contribution in [3.63, 3.8) is 0 Å². The summed E-state index contributed by atoms with van der Waals surface area (Å²) in [5.74, 6) is 0. The van der Waals surface area contributed by atoms with Crippen LogP contribution in [0.25, 0.3) is 0 Å². The Labute approximate surface area is 131 Å². The summed E-state index contributed by atoms with van der Waals surface area (Å²) >= 11 is 4.89. The van der Waals surface area contributed by atoms with Gasteiger partial charge in [0.15, 0.2) is 0 Å². The molecule has 1 fully saturated rings. The molecule has 1 aliphatic rings. The lowest BCUT2D eigenvalue weighted by atomic mass is 10.2. The maximum absolute atomic E-state index is 12.9. The van der Waals surface area contributed by atoms with E-state index in [1.165, 1.54) is 4.31 Å². The van der Waals surface area contributed by atoms with Gasteiger partial charge >= 0.3 is 10.2 Å². The second-order valence-electron chi connectivity index (χ2n) is 5.09. The largest absolute Gasteiger partial charge is 0.393 e. The third kappa shape index (κ3) is 4.15. The fourth-order valence-electron chi connectivity index (χ4n) is 2.42. The number of anilines is 1. The van der Waals surface area contributed by atoms with Gasteiger partial charge in [0, 0.05) is 26.1 Å². The molecule has 1 heterocycles. The highest BCUT2D eigenvalue weighted by Crippen LogP contribution is 2.23. The Hall–Kier alpha value is -1.18. The maximum atomic E-state index is 12.9. The van der Waals surface area contributed by atoms with Gasteiger partial charge in [0.25, 0.3) is 0 Å². The minimum atomic E-state index is -3.52. The molecule has 0 saturated carbocycles. The highest BCUT2D eigenvalue weighted by atomic mass is 32.2. The van der Waals surface area contributed by atoms with Crippen LogP contribution in [0.4, 0.5) is 5.69 Å². The van der Waals surface area contributed by atoms with Crippen LogP contribution in [0.5, 0.6) is 0 Å². The quantitative estimate of drug-likeness (QED) is 0.811. The molecule has 5 nitrogen and oxygen atoms in total. The number of benzene rings is 1. The van der Waals surface area contributed by atoms with E-state index in [4.69, 9.17) is 18.0 Å². The summed E-state index contributed by atoms with van der Waals surface area (Å²) < 4.78 is 28.7. The zero-order chi connectivity index (χ0) is 15.3. The minimum Gasteiger partial charge on any atom is -0.393 e. The summed E-state index contributed by atoms with van der Waals surface area (Å²) in [6.45, 7) is 1.44. The fraction of sp³-hybridized carbons (Fsp3) is 0.500. The van der Waals surface area contributed by atoms with Crippen LogP contribution in [0.15, 0.2) is 30.3 Å². The first-order chi connectivity index (χ1) is 10.0. The molecule has 0 radical (unpaired) electrons. The van der Waals surface area contributed by atoms with Gasteiger partial charge in [0.1, 0.15) is 0 Å². The van der Waals surface area contributed by atoms with Crippen LogP contribution in [0.1, 0.15) is 25.7 Å². The van der Waals surface area contributed by atoms with Gasteiger partial charge in [-0.05, 0) is 25.0 Å². The topological polar surface area (TPSA) is 66.6 Å². The Kier molecular flexibility index (Phi) is 5.55. The summed E-state index contributed by atoms with van der Waals surface area (Å²) in [4.78, 5) is 0.324. The molecule has 0 amide bonds. The summed E-state index contributed by atoms with van der Waals surface area (Å²) in [6.07, 6.45) is 3.29. The van der Waals surface area contributed by atoms with Gasteiger partial charge in [0.05, 0.1) is 10.7 Å². The fourth-order valence-corrected chi connectivity index (χ4v) is 4.22. The van der Waals surface area contributed by atoms with E-state index in [1.54, 1.807) is 16.4 Å². The molecule has 0 atom stereocenters. The van der Waals surface area contributed by atoms with Crippen molar-refractivity contribution in [1.82, 2.24) is 4.31 Å². The Morgan fingerprint density at radius 1 is 1.19 bits per heavy atom. The van der Waals surface area contributed by atoms with Gasteiger partial charge in [-0.25, -0.2) is 0 Å². The predicted octanol–water partition coefficient (Wildman–Crippen LogP) is 1.90. The van der Waals surface area contributed by atoms with Crippen molar-refractivity contribution in [2.45, 2.75) is 25.7 Å². The number of nitrogens with zero attached hydrogens (tertiary/aromatic N) is 2. The van der Waals surface area contributed by atoms with Crippen LogP contribution in [0, 0.1) is 0 Å². The molecule has 0 aliphatic carbocycles. The van der Waals surface area contributed by atoms with Crippen molar-refractivity contribution in [3.05, 3.63) is 30.3 Å². The summed E-state index contributed by atoms with van der Waals surface area (Å²) in [5, 5.41) is 0. The minimum absolute atomic E-state index is 0.276. The van der Waals surface area contributed by atoms with Crippen molar-refractivity contribution in [3.8, 4) is 0 Å². The normalized spacial score (nSPS) is 16.6. The zero-order valence-electron chi connectivity index (χ0n) is 11.9. The lowest BCUT2D eigenvalue weighted by Crippen LogP contribution is -2.47. The van der Waals surface area contributed by atoms with Gasteiger partial charge in [-0.3, -0.25) is 4.31 Å². The number of thiocarbonyl (C=S) groups is 1. The van der Waals surface area contributed by atoms with Gasteiger partial charge in [0.2, 0.25) is 0 Å². The van der Waals surface area contributed by atoms with E-state index in [1.807, 2.05) is 18.2 Å². The summed E-state index contributed by atoms with van der Waals surface area (Å²) in [7, 11) is -3.52. The van der Waals surface area contributed by atoms with Gasteiger partial charge in [-0.1, -0.05) is 36.8 Å². The standard InChI is InChI=1S/C14H21N3O2S2/c15-14(20)9-12-17(13-7-3-1-4-8-13)21(18,19)16-10-5-2-6-11-16/h1,3-4,7-8H,2,5-6,9-12H2,(H2,15,20). The number of hydrogen-bond acceptors (Lipinski definition) is 3. The van der Waals surface area contributed by atoms with E-state index >= 15 is 0 Å². The second kappa shape index (κ2) is 7.20. The molecule has 1 aromatic carbocycles. The smallest absolute Gasteiger partial charge is 0.304 e. The van der Waals surface area contributed by atoms with Gasteiger partial charge < -0.3 is 5.73 Å². The van der Waals surface area contributed by atoms with Crippen LogP contribution < -0.4 is 10.0 Å². The Bertz CT molecular complexity index is 569. The van der Waals surface area contributed by atoms with E-state index in [9.17, 15) is 8.42 Å². The highest BCUT2D eigenvalue weighted by molar-refractivity contribution is 7.90. The average Bonchev–Trinajstić information content (AvgIpc) is 2.49. The van der Waals surface area contributed by atoms with Crippen molar-refractivity contribution in [2.75, 3.05) is 23.9 Å². The molecule has 1 aliphatic heterocycles. The molecule has 21 heavy (non-hydrogen) atoms. The molecular formula is C14H21N3O2S2. The predicted molar refractivity (Wildman–Crippen MR) is 89.5 cm³/mol. The maximum Gasteiger partial charge on any atom is 0.304 e. The number of nitrogens with two attached hydrogens (primary N) is 1. The SMILES string of the molecule is NC(=S)CCN(c1ccccc1)S(=O)(=O)N1CCCCC1. The van der Waals surface area contributed by atoms with Crippen molar-refractivity contribution in [1.29, 1.82) is 0 Å². The lowest BCUT2D eigenvalue weighted by molar-refractivity contribution is 0.345. The molecule has 0 bridgehead atoms. The monoisotopic (exact) mass is 327 g/mol. The van der Waals surface area contributed by atoms with E-state index in [2.05, 4.69) is 0 Å². The molecule has 0 spiro atoms. The third-order valence-corrected chi connectivity index (χ3v) is 5.70. The molecule has 2 N–H and O–H groups in total. The van der Waals surface area contributed by atoms with Crippen molar-refractivity contribution >= 4 is 33.1 Å². The van der Waals surface area contributed by atoms with Crippen LogP contribution in [-0.4, -0.2) is 37.3 Å². The molecule has 1 saturated heterocycles. The van der Waals surface area contributed by atoms with E-state index < -0.39 is 10.2 Å². The Balaban J connectivity index is 2.27. The molecule has 0 unspecified atom stereocenters. The number of hydrogen-bond donors (Lipinski definition) is 1. The number of piperidine rings is 1. The first-order valence-corrected chi connectivity index (χ1v) is 8.93. The molecule has 2 rings (SSSR count). The Morgan fingerprint density at radius 2 is 1.81 bits per heavy atom.